The first-order valence-corrected chi connectivity index (χ1v) is 6.89. The predicted molar refractivity (Wildman–Crippen MR) is 65.9 cm³/mol. The van der Waals surface area contributed by atoms with Crippen LogP contribution in [0.3, 0.4) is 0 Å². The zero-order chi connectivity index (χ0) is 9.97. The highest BCUT2D eigenvalue weighted by molar-refractivity contribution is 9.10. The van der Waals surface area contributed by atoms with Gasteiger partial charge in [0.2, 0.25) is 0 Å². The lowest BCUT2D eigenvalue weighted by atomic mass is 10.1. The van der Waals surface area contributed by atoms with Crippen LogP contribution in [0.4, 0.5) is 0 Å². The van der Waals surface area contributed by atoms with E-state index in [-0.39, 0.29) is 0 Å². The number of benzene rings is 1. The maximum Gasteiger partial charge on any atom is 0.0321 e. The molecular formula is C11H14BrNS. The van der Waals surface area contributed by atoms with E-state index in [9.17, 15) is 0 Å². The first-order valence-electron chi connectivity index (χ1n) is 4.87. The van der Waals surface area contributed by atoms with Crippen LogP contribution in [0.1, 0.15) is 24.4 Å². The van der Waals surface area contributed by atoms with Crippen molar-refractivity contribution in [2.75, 3.05) is 12.8 Å². The van der Waals surface area contributed by atoms with Crippen LogP contribution in [0.25, 0.3) is 0 Å². The Morgan fingerprint density at radius 3 is 2.93 bits per heavy atom. The van der Waals surface area contributed by atoms with Gasteiger partial charge in [-0.3, -0.25) is 0 Å². The van der Waals surface area contributed by atoms with Crippen LogP contribution in [0, 0.1) is 0 Å². The Bertz CT molecular complexity index is 321. The summed E-state index contributed by atoms with van der Waals surface area (Å²) in [5, 5.41) is 3.52. The van der Waals surface area contributed by atoms with Crippen molar-refractivity contribution in [1.29, 1.82) is 0 Å². The first-order chi connectivity index (χ1) is 6.79. The minimum atomic E-state index is 0.568. The lowest BCUT2D eigenvalue weighted by Gasteiger charge is -2.12. The maximum absolute atomic E-state index is 3.56. The standard InChI is InChI=1S/C11H14BrNS/c1-14-10-6-8(5-9(12)7-10)11-3-2-4-13-11/h5-7,11,13H,2-4H2,1H3. The van der Waals surface area contributed by atoms with Crippen LogP contribution in [-0.4, -0.2) is 12.8 Å². The monoisotopic (exact) mass is 271 g/mol. The van der Waals surface area contributed by atoms with E-state index in [0.717, 1.165) is 6.54 Å². The summed E-state index contributed by atoms with van der Waals surface area (Å²) in [6.07, 6.45) is 4.68. The van der Waals surface area contributed by atoms with Gasteiger partial charge in [-0.15, -0.1) is 11.8 Å². The van der Waals surface area contributed by atoms with Crippen LogP contribution < -0.4 is 5.32 Å². The third-order valence-electron chi connectivity index (χ3n) is 2.59. The van der Waals surface area contributed by atoms with Gasteiger partial charge in [0.25, 0.3) is 0 Å². The predicted octanol–water partition coefficient (Wildman–Crippen LogP) is 3.60. The molecule has 1 atom stereocenters. The van der Waals surface area contributed by atoms with E-state index >= 15 is 0 Å². The summed E-state index contributed by atoms with van der Waals surface area (Å²) in [4.78, 5) is 1.34. The molecule has 2 rings (SSSR count). The highest BCUT2D eigenvalue weighted by atomic mass is 79.9. The molecule has 1 aliphatic rings. The van der Waals surface area contributed by atoms with Gasteiger partial charge in [0.05, 0.1) is 0 Å². The average Bonchev–Trinajstić information content (AvgIpc) is 2.69. The maximum atomic E-state index is 3.56. The molecule has 1 heterocycles. The van der Waals surface area contributed by atoms with Crippen molar-refractivity contribution in [3.05, 3.63) is 28.2 Å². The third-order valence-corrected chi connectivity index (χ3v) is 3.76. The zero-order valence-corrected chi connectivity index (χ0v) is 10.6. The molecule has 1 saturated heterocycles. The molecule has 0 aromatic heterocycles. The van der Waals surface area contributed by atoms with Crippen LogP contribution in [0.15, 0.2) is 27.6 Å². The summed E-state index contributed by atoms with van der Waals surface area (Å²) in [5.74, 6) is 0. The number of hydrogen-bond acceptors (Lipinski definition) is 2. The summed E-state index contributed by atoms with van der Waals surface area (Å²) in [5.41, 5.74) is 1.42. The molecule has 0 saturated carbocycles. The average molecular weight is 272 g/mol. The molecule has 0 radical (unpaired) electrons. The van der Waals surface area contributed by atoms with Crippen molar-refractivity contribution >= 4 is 27.7 Å². The number of nitrogens with one attached hydrogen (secondary N) is 1. The smallest absolute Gasteiger partial charge is 0.0321 e. The Balaban J connectivity index is 2.27. The van der Waals surface area contributed by atoms with Crippen molar-refractivity contribution in [3.8, 4) is 0 Å². The quantitative estimate of drug-likeness (QED) is 0.826. The van der Waals surface area contributed by atoms with Crippen molar-refractivity contribution in [2.45, 2.75) is 23.8 Å². The van der Waals surface area contributed by atoms with E-state index < -0.39 is 0 Å². The Labute approximate surface area is 97.8 Å². The Hall–Kier alpha value is 0.01000. The Morgan fingerprint density at radius 2 is 2.29 bits per heavy atom. The highest BCUT2D eigenvalue weighted by Crippen LogP contribution is 2.29. The van der Waals surface area contributed by atoms with Gasteiger partial charge in [-0.2, -0.15) is 0 Å². The molecule has 14 heavy (non-hydrogen) atoms. The van der Waals surface area contributed by atoms with Gasteiger partial charge in [-0.05, 0) is 49.4 Å². The van der Waals surface area contributed by atoms with E-state index in [1.165, 1.54) is 27.8 Å². The molecule has 0 amide bonds. The Morgan fingerprint density at radius 1 is 1.43 bits per heavy atom. The topological polar surface area (TPSA) is 12.0 Å². The molecule has 0 aliphatic carbocycles. The van der Waals surface area contributed by atoms with Crippen LogP contribution >= 0.6 is 27.7 Å². The number of halogens is 1. The van der Waals surface area contributed by atoms with Gasteiger partial charge >= 0.3 is 0 Å². The lowest BCUT2D eigenvalue weighted by Crippen LogP contribution is -2.12. The normalized spacial score (nSPS) is 21.4. The van der Waals surface area contributed by atoms with Crippen molar-refractivity contribution in [3.63, 3.8) is 0 Å². The SMILES string of the molecule is CSc1cc(Br)cc(C2CCCN2)c1. The largest absolute Gasteiger partial charge is 0.310 e. The summed E-state index contributed by atoms with van der Waals surface area (Å²) in [6.45, 7) is 1.16. The lowest BCUT2D eigenvalue weighted by molar-refractivity contribution is 0.646. The van der Waals surface area contributed by atoms with Crippen molar-refractivity contribution in [2.24, 2.45) is 0 Å². The zero-order valence-electron chi connectivity index (χ0n) is 8.22. The fourth-order valence-corrected chi connectivity index (χ4v) is 3.03. The summed E-state index contributed by atoms with van der Waals surface area (Å²) in [7, 11) is 0. The van der Waals surface area contributed by atoms with Gasteiger partial charge in [-0.25, -0.2) is 0 Å². The molecule has 1 aromatic rings. The van der Waals surface area contributed by atoms with Crippen LogP contribution in [-0.2, 0) is 0 Å². The molecule has 1 aromatic carbocycles. The first kappa shape index (κ1) is 10.5. The van der Waals surface area contributed by atoms with Gasteiger partial charge in [0, 0.05) is 15.4 Å². The molecular weight excluding hydrogens is 258 g/mol. The fourth-order valence-electron chi connectivity index (χ4n) is 1.87. The molecule has 1 unspecified atom stereocenters. The summed E-state index contributed by atoms with van der Waals surface area (Å²) in [6, 6.07) is 7.25. The molecule has 3 heteroatoms. The molecule has 76 valence electrons. The molecule has 1 N–H and O–H groups in total. The third kappa shape index (κ3) is 2.33. The molecule has 1 nitrogen and oxygen atoms in total. The molecule has 0 bridgehead atoms. The molecule has 0 spiro atoms. The van der Waals surface area contributed by atoms with E-state index in [0.29, 0.717) is 6.04 Å². The molecule has 1 fully saturated rings. The molecule has 1 aliphatic heterocycles. The van der Waals surface area contributed by atoms with E-state index in [1.807, 2.05) is 0 Å². The number of hydrogen-bond donors (Lipinski definition) is 1. The van der Waals surface area contributed by atoms with Gasteiger partial charge in [0.1, 0.15) is 0 Å². The highest BCUT2D eigenvalue weighted by Gasteiger charge is 2.16. The van der Waals surface area contributed by atoms with Gasteiger partial charge < -0.3 is 5.32 Å². The van der Waals surface area contributed by atoms with Crippen LogP contribution in [0.2, 0.25) is 0 Å². The van der Waals surface area contributed by atoms with E-state index in [4.69, 9.17) is 0 Å². The Kier molecular flexibility index (Phi) is 3.52. The summed E-state index contributed by atoms with van der Waals surface area (Å²) < 4.78 is 1.19. The second-order valence-corrected chi connectivity index (χ2v) is 5.37. The number of rotatable bonds is 2. The van der Waals surface area contributed by atoms with Crippen LogP contribution in [0.5, 0.6) is 0 Å². The van der Waals surface area contributed by atoms with Crippen molar-refractivity contribution in [1.82, 2.24) is 5.32 Å². The summed E-state index contributed by atoms with van der Waals surface area (Å²) >= 11 is 5.36. The number of thioether (sulfide) groups is 1. The van der Waals surface area contributed by atoms with Gasteiger partial charge in [0.15, 0.2) is 0 Å². The van der Waals surface area contributed by atoms with Gasteiger partial charge in [-0.1, -0.05) is 15.9 Å². The fraction of sp³-hybridized carbons (Fsp3) is 0.455. The second kappa shape index (κ2) is 4.69. The van der Waals surface area contributed by atoms with E-state index in [1.54, 1.807) is 11.8 Å². The minimum absolute atomic E-state index is 0.568. The van der Waals surface area contributed by atoms with E-state index in [2.05, 4.69) is 45.7 Å². The van der Waals surface area contributed by atoms with Crippen molar-refractivity contribution < 1.29 is 0 Å². The minimum Gasteiger partial charge on any atom is -0.310 e. The second-order valence-electron chi connectivity index (χ2n) is 3.57.